The van der Waals surface area contributed by atoms with Crippen molar-refractivity contribution >= 4 is 5.91 Å². The Labute approximate surface area is 181 Å². The van der Waals surface area contributed by atoms with Crippen LogP contribution in [0.25, 0.3) is 0 Å². The number of amides is 1. The van der Waals surface area contributed by atoms with Gasteiger partial charge in [-0.3, -0.25) is 4.79 Å². The lowest BCUT2D eigenvalue weighted by Gasteiger charge is -2.38. The summed E-state index contributed by atoms with van der Waals surface area (Å²) in [4.78, 5) is 13.0. The van der Waals surface area contributed by atoms with Gasteiger partial charge in [0.05, 0.1) is 0 Å². The van der Waals surface area contributed by atoms with Crippen LogP contribution >= 0.6 is 0 Å². The van der Waals surface area contributed by atoms with Crippen molar-refractivity contribution in [1.82, 2.24) is 5.32 Å². The summed E-state index contributed by atoms with van der Waals surface area (Å²) in [6.45, 7) is 10.6. The van der Waals surface area contributed by atoms with Gasteiger partial charge >= 0.3 is 0 Å². The van der Waals surface area contributed by atoms with E-state index < -0.39 is 6.10 Å². The van der Waals surface area contributed by atoms with Gasteiger partial charge in [0.25, 0.3) is 5.91 Å². The van der Waals surface area contributed by atoms with Gasteiger partial charge in [0.15, 0.2) is 6.10 Å². The quantitative estimate of drug-likeness (QED) is 0.700. The van der Waals surface area contributed by atoms with E-state index in [1.165, 1.54) is 11.1 Å². The molecular formula is C26H35NO3. The molecule has 1 saturated heterocycles. The molecule has 1 N–H and O–H groups in total. The number of carbonyl (C=O) groups is 1. The van der Waals surface area contributed by atoms with Crippen LogP contribution in [0.2, 0.25) is 0 Å². The van der Waals surface area contributed by atoms with Crippen molar-refractivity contribution in [3.63, 3.8) is 0 Å². The Morgan fingerprint density at radius 3 is 2.27 bits per heavy atom. The molecule has 2 aromatic carbocycles. The highest BCUT2D eigenvalue weighted by Gasteiger charge is 2.35. The lowest BCUT2D eigenvalue weighted by atomic mass is 9.74. The summed E-state index contributed by atoms with van der Waals surface area (Å²) < 4.78 is 11.6. The predicted octanol–water partition coefficient (Wildman–Crippen LogP) is 5.01. The molecule has 1 fully saturated rings. The van der Waals surface area contributed by atoms with Crippen molar-refractivity contribution in [2.24, 2.45) is 0 Å². The molecule has 0 radical (unpaired) electrons. The second kappa shape index (κ2) is 9.65. The SMILES string of the molecule is CCC(Oc1ccc(C(C)(C)C)cc1)C(=O)NCC1(c2ccccc2)CCOCC1. The third-order valence-electron chi connectivity index (χ3n) is 6.10. The molecule has 0 saturated carbocycles. The van der Waals surface area contributed by atoms with Gasteiger partial charge in [0, 0.05) is 25.2 Å². The number of rotatable bonds is 7. The molecule has 0 aromatic heterocycles. The van der Waals surface area contributed by atoms with Crippen molar-refractivity contribution in [3.8, 4) is 5.75 Å². The van der Waals surface area contributed by atoms with E-state index in [0.29, 0.717) is 13.0 Å². The van der Waals surface area contributed by atoms with E-state index in [9.17, 15) is 4.79 Å². The van der Waals surface area contributed by atoms with Crippen LogP contribution in [0, 0.1) is 0 Å². The second-order valence-electron chi connectivity index (χ2n) is 9.27. The summed E-state index contributed by atoms with van der Waals surface area (Å²) in [6.07, 6.45) is 1.93. The first kappa shape index (κ1) is 22.4. The fourth-order valence-electron chi connectivity index (χ4n) is 4.01. The van der Waals surface area contributed by atoms with Gasteiger partial charge in [-0.1, -0.05) is 70.2 Å². The minimum atomic E-state index is -0.502. The standard InChI is InChI=1S/C26H35NO3/c1-5-23(30-22-13-11-20(12-14-22)25(2,3)4)24(28)27-19-26(15-17-29-18-16-26)21-9-7-6-8-10-21/h6-14,23H,5,15-19H2,1-4H3,(H,27,28). The maximum absolute atomic E-state index is 13.0. The Morgan fingerprint density at radius 1 is 1.07 bits per heavy atom. The van der Waals surface area contributed by atoms with Gasteiger partial charge in [-0.05, 0) is 47.9 Å². The average molecular weight is 410 g/mol. The molecule has 2 aromatic rings. The van der Waals surface area contributed by atoms with Gasteiger partial charge in [-0.25, -0.2) is 0 Å². The van der Waals surface area contributed by atoms with Crippen molar-refractivity contribution in [2.45, 2.75) is 63.9 Å². The lowest BCUT2D eigenvalue weighted by molar-refractivity contribution is -0.128. The van der Waals surface area contributed by atoms with Crippen molar-refractivity contribution < 1.29 is 14.3 Å². The molecule has 4 nitrogen and oxygen atoms in total. The second-order valence-corrected chi connectivity index (χ2v) is 9.27. The van der Waals surface area contributed by atoms with Crippen LogP contribution in [0.15, 0.2) is 54.6 Å². The Kier molecular flexibility index (Phi) is 7.19. The summed E-state index contributed by atoms with van der Waals surface area (Å²) in [5.74, 6) is 0.674. The highest BCUT2D eigenvalue weighted by molar-refractivity contribution is 5.81. The maximum Gasteiger partial charge on any atom is 0.261 e. The average Bonchev–Trinajstić information content (AvgIpc) is 2.77. The Hall–Kier alpha value is -2.33. The molecule has 162 valence electrons. The summed E-state index contributed by atoms with van der Waals surface area (Å²) in [6, 6.07) is 18.5. The molecule has 4 heteroatoms. The van der Waals surface area contributed by atoms with Crippen LogP contribution in [0.3, 0.4) is 0 Å². The van der Waals surface area contributed by atoms with E-state index in [1.807, 2.05) is 25.1 Å². The zero-order valence-electron chi connectivity index (χ0n) is 18.7. The maximum atomic E-state index is 13.0. The number of hydrogen-bond donors (Lipinski definition) is 1. The molecule has 1 atom stereocenters. The molecule has 1 heterocycles. The van der Waals surface area contributed by atoms with Crippen molar-refractivity contribution in [3.05, 3.63) is 65.7 Å². The zero-order valence-corrected chi connectivity index (χ0v) is 18.7. The van der Waals surface area contributed by atoms with Crippen LogP contribution in [0.1, 0.15) is 58.1 Å². The molecule has 1 aliphatic heterocycles. The predicted molar refractivity (Wildman–Crippen MR) is 121 cm³/mol. The van der Waals surface area contributed by atoms with E-state index in [2.05, 4.69) is 62.5 Å². The van der Waals surface area contributed by atoms with Crippen LogP contribution in [-0.2, 0) is 20.4 Å². The third kappa shape index (κ3) is 5.42. The summed E-state index contributed by atoms with van der Waals surface area (Å²) in [7, 11) is 0. The number of benzene rings is 2. The number of hydrogen-bond acceptors (Lipinski definition) is 3. The number of carbonyl (C=O) groups excluding carboxylic acids is 1. The van der Waals surface area contributed by atoms with E-state index in [1.54, 1.807) is 0 Å². The molecule has 1 amide bonds. The first-order valence-corrected chi connectivity index (χ1v) is 11.0. The number of ether oxygens (including phenoxy) is 2. The smallest absolute Gasteiger partial charge is 0.261 e. The summed E-state index contributed by atoms with van der Waals surface area (Å²) >= 11 is 0. The fourth-order valence-corrected chi connectivity index (χ4v) is 4.01. The molecule has 1 unspecified atom stereocenters. The highest BCUT2D eigenvalue weighted by Crippen LogP contribution is 2.34. The highest BCUT2D eigenvalue weighted by atomic mass is 16.5. The number of nitrogens with one attached hydrogen (secondary N) is 1. The van der Waals surface area contributed by atoms with Crippen LogP contribution in [-0.4, -0.2) is 31.8 Å². The van der Waals surface area contributed by atoms with Gasteiger partial charge in [0.1, 0.15) is 5.75 Å². The van der Waals surface area contributed by atoms with Crippen LogP contribution < -0.4 is 10.1 Å². The van der Waals surface area contributed by atoms with Gasteiger partial charge in [-0.15, -0.1) is 0 Å². The van der Waals surface area contributed by atoms with E-state index >= 15 is 0 Å². The zero-order chi connectivity index (χ0) is 21.6. The largest absolute Gasteiger partial charge is 0.481 e. The molecule has 0 aliphatic carbocycles. The Bertz CT molecular complexity index is 802. The summed E-state index contributed by atoms with van der Waals surface area (Å²) in [5, 5.41) is 3.18. The first-order chi connectivity index (χ1) is 14.3. The molecule has 3 rings (SSSR count). The minimum Gasteiger partial charge on any atom is -0.481 e. The molecule has 1 aliphatic rings. The Balaban J connectivity index is 1.65. The van der Waals surface area contributed by atoms with Gasteiger partial charge < -0.3 is 14.8 Å². The van der Waals surface area contributed by atoms with E-state index in [4.69, 9.17) is 9.47 Å². The van der Waals surface area contributed by atoms with E-state index in [0.717, 1.165) is 31.8 Å². The minimum absolute atomic E-state index is 0.0563. The van der Waals surface area contributed by atoms with Gasteiger partial charge in [0.2, 0.25) is 0 Å². The monoisotopic (exact) mass is 409 g/mol. The molecular weight excluding hydrogens is 374 g/mol. The fraction of sp³-hybridized carbons (Fsp3) is 0.500. The van der Waals surface area contributed by atoms with E-state index in [-0.39, 0.29) is 16.7 Å². The van der Waals surface area contributed by atoms with Crippen LogP contribution in [0.4, 0.5) is 0 Å². The van der Waals surface area contributed by atoms with Crippen LogP contribution in [0.5, 0.6) is 5.75 Å². The molecule has 30 heavy (non-hydrogen) atoms. The topological polar surface area (TPSA) is 47.6 Å². The molecule has 0 bridgehead atoms. The molecule has 0 spiro atoms. The lowest BCUT2D eigenvalue weighted by Crippen LogP contribution is -2.48. The normalized spacial score (nSPS) is 17.2. The van der Waals surface area contributed by atoms with Crippen molar-refractivity contribution in [2.75, 3.05) is 19.8 Å². The Morgan fingerprint density at radius 2 is 1.70 bits per heavy atom. The third-order valence-corrected chi connectivity index (χ3v) is 6.10. The summed E-state index contributed by atoms with van der Waals surface area (Å²) in [5.41, 5.74) is 2.52. The first-order valence-electron chi connectivity index (χ1n) is 11.0. The van der Waals surface area contributed by atoms with Gasteiger partial charge in [-0.2, -0.15) is 0 Å². The van der Waals surface area contributed by atoms with Crippen molar-refractivity contribution in [1.29, 1.82) is 0 Å².